The highest BCUT2D eigenvalue weighted by atomic mass is 32.2. The standard InChI is InChI=1S/C17H24O9S/c1-23-10-4-8(5-11(24-2)16(10)25-3)9(19)7-27-17-15(22)14(21)13(20)12(6-18)26-17/h4-5,12-15,17-18,20-22H,6-7H2,1-3H3/t12-,13-,14+,15-,17+/m1/s1. The Morgan fingerprint density at radius 3 is 2.11 bits per heavy atom. The average molecular weight is 404 g/mol. The van der Waals surface area contributed by atoms with Gasteiger partial charge in [0.1, 0.15) is 29.9 Å². The summed E-state index contributed by atoms with van der Waals surface area (Å²) in [5.41, 5.74) is -0.673. The number of carbonyl (C=O) groups excluding carboxylic acids is 1. The van der Waals surface area contributed by atoms with Gasteiger partial charge in [-0.05, 0) is 12.1 Å². The number of hydrogen-bond acceptors (Lipinski definition) is 10. The van der Waals surface area contributed by atoms with Gasteiger partial charge in [0, 0.05) is 5.56 Å². The van der Waals surface area contributed by atoms with Crippen molar-refractivity contribution in [1.29, 1.82) is 0 Å². The summed E-state index contributed by atoms with van der Waals surface area (Å²) in [6.07, 6.45) is -5.34. The highest BCUT2D eigenvalue weighted by Gasteiger charge is 2.43. The van der Waals surface area contributed by atoms with E-state index in [4.69, 9.17) is 18.9 Å². The molecule has 0 bridgehead atoms. The predicted octanol–water partition coefficient (Wildman–Crippen LogP) is -0.572. The first kappa shape index (κ1) is 21.7. The zero-order chi connectivity index (χ0) is 20.1. The van der Waals surface area contributed by atoms with E-state index in [2.05, 4.69) is 0 Å². The molecule has 1 aromatic carbocycles. The van der Waals surface area contributed by atoms with Crippen LogP contribution in [0, 0.1) is 0 Å². The molecule has 1 fully saturated rings. The third-order valence-electron chi connectivity index (χ3n) is 4.21. The second-order valence-corrected chi connectivity index (χ2v) is 6.93. The number of aliphatic hydroxyl groups excluding tert-OH is 4. The van der Waals surface area contributed by atoms with Gasteiger partial charge in [-0.2, -0.15) is 0 Å². The van der Waals surface area contributed by atoms with Crippen molar-refractivity contribution >= 4 is 17.5 Å². The van der Waals surface area contributed by atoms with Crippen LogP contribution in [0.2, 0.25) is 0 Å². The molecule has 0 aliphatic carbocycles. The third-order valence-corrected chi connectivity index (χ3v) is 5.36. The van der Waals surface area contributed by atoms with Crippen molar-refractivity contribution in [1.82, 2.24) is 0 Å². The molecule has 4 N–H and O–H groups in total. The second kappa shape index (κ2) is 9.58. The third kappa shape index (κ3) is 4.65. The van der Waals surface area contributed by atoms with Gasteiger partial charge in [-0.25, -0.2) is 0 Å². The van der Waals surface area contributed by atoms with Crippen LogP contribution in [0.5, 0.6) is 17.2 Å². The van der Waals surface area contributed by atoms with Gasteiger partial charge < -0.3 is 39.4 Å². The summed E-state index contributed by atoms with van der Waals surface area (Å²) in [4.78, 5) is 12.6. The molecule has 0 radical (unpaired) electrons. The number of methoxy groups -OCH3 is 3. The van der Waals surface area contributed by atoms with Gasteiger partial charge in [-0.1, -0.05) is 0 Å². The van der Waals surface area contributed by atoms with E-state index in [0.717, 1.165) is 11.8 Å². The lowest BCUT2D eigenvalue weighted by atomic mass is 10.0. The van der Waals surface area contributed by atoms with Crippen LogP contribution in [-0.2, 0) is 4.74 Å². The summed E-state index contributed by atoms with van der Waals surface area (Å²) in [6.45, 7) is -0.525. The monoisotopic (exact) mass is 404 g/mol. The van der Waals surface area contributed by atoms with Crippen LogP contribution >= 0.6 is 11.8 Å². The highest BCUT2D eigenvalue weighted by Crippen LogP contribution is 2.38. The molecule has 0 amide bonds. The number of Topliss-reactive ketones (excluding diaryl/α,β-unsaturated/α-hetero) is 1. The van der Waals surface area contributed by atoms with Crippen molar-refractivity contribution < 1.29 is 44.2 Å². The van der Waals surface area contributed by atoms with E-state index in [-0.39, 0.29) is 11.5 Å². The van der Waals surface area contributed by atoms with Gasteiger partial charge in [0.25, 0.3) is 0 Å². The minimum atomic E-state index is -1.48. The fourth-order valence-electron chi connectivity index (χ4n) is 2.69. The summed E-state index contributed by atoms with van der Waals surface area (Å²) in [7, 11) is 4.33. The number of aliphatic hydroxyl groups is 4. The van der Waals surface area contributed by atoms with E-state index in [0.29, 0.717) is 22.8 Å². The van der Waals surface area contributed by atoms with E-state index < -0.39 is 36.5 Å². The molecule has 0 saturated carbocycles. The van der Waals surface area contributed by atoms with Gasteiger partial charge in [-0.15, -0.1) is 11.8 Å². The molecule has 1 aromatic rings. The van der Waals surface area contributed by atoms with Gasteiger partial charge in [0.2, 0.25) is 5.75 Å². The van der Waals surface area contributed by atoms with Crippen molar-refractivity contribution in [3.05, 3.63) is 17.7 Å². The number of carbonyl (C=O) groups is 1. The summed E-state index contributed by atoms with van der Waals surface area (Å²) < 4.78 is 21.0. The highest BCUT2D eigenvalue weighted by molar-refractivity contribution is 8.00. The van der Waals surface area contributed by atoms with Crippen LogP contribution in [0.4, 0.5) is 0 Å². The van der Waals surface area contributed by atoms with Crippen LogP contribution in [0.25, 0.3) is 0 Å². The second-order valence-electron chi connectivity index (χ2n) is 5.85. The number of ketones is 1. The van der Waals surface area contributed by atoms with Crippen molar-refractivity contribution in [3.8, 4) is 17.2 Å². The zero-order valence-corrected chi connectivity index (χ0v) is 16.0. The molecule has 10 heteroatoms. The SMILES string of the molecule is COc1cc(C(=O)CS[C@@H]2O[C@H](CO)[C@@H](O)[C@H](O)[C@H]2O)cc(OC)c1OC. The number of thioether (sulfide) groups is 1. The van der Waals surface area contributed by atoms with Gasteiger partial charge in [0.15, 0.2) is 17.3 Å². The Kier molecular flexibility index (Phi) is 7.71. The lowest BCUT2D eigenvalue weighted by Gasteiger charge is -2.39. The lowest BCUT2D eigenvalue weighted by molar-refractivity contribution is -0.205. The number of hydrogen-bond donors (Lipinski definition) is 4. The Hall–Kier alpha value is -1.56. The fourth-order valence-corrected chi connectivity index (χ4v) is 3.75. The number of rotatable bonds is 8. The van der Waals surface area contributed by atoms with Crippen molar-refractivity contribution in [3.63, 3.8) is 0 Å². The Morgan fingerprint density at radius 2 is 1.63 bits per heavy atom. The van der Waals surface area contributed by atoms with E-state index >= 15 is 0 Å². The van der Waals surface area contributed by atoms with Crippen LogP contribution in [-0.4, -0.2) is 89.8 Å². The Morgan fingerprint density at radius 1 is 1.04 bits per heavy atom. The normalized spacial score (nSPS) is 27.9. The summed E-state index contributed by atoms with van der Waals surface area (Å²) >= 11 is 0.953. The van der Waals surface area contributed by atoms with Gasteiger partial charge in [-0.3, -0.25) is 4.79 Å². The first-order valence-corrected chi connectivity index (χ1v) is 9.18. The maximum atomic E-state index is 12.6. The molecule has 0 aromatic heterocycles. The zero-order valence-electron chi connectivity index (χ0n) is 15.2. The maximum Gasteiger partial charge on any atom is 0.203 e. The summed E-state index contributed by atoms with van der Waals surface area (Å²) in [6, 6.07) is 3.02. The molecular formula is C17H24O9S. The Balaban J connectivity index is 2.11. The Labute approximate surface area is 160 Å². The van der Waals surface area contributed by atoms with Crippen LogP contribution in [0.15, 0.2) is 12.1 Å². The molecule has 2 rings (SSSR count). The molecular weight excluding hydrogens is 380 g/mol. The van der Waals surface area contributed by atoms with E-state index in [1.165, 1.54) is 33.5 Å². The summed E-state index contributed by atoms with van der Waals surface area (Å²) in [5.74, 6) is 0.645. The van der Waals surface area contributed by atoms with Gasteiger partial charge in [0.05, 0.1) is 33.7 Å². The van der Waals surface area contributed by atoms with Crippen LogP contribution in [0.1, 0.15) is 10.4 Å². The predicted molar refractivity (Wildman–Crippen MR) is 96.7 cm³/mol. The molecule has 0 unspecified atom stereocenters. The van der Waals surface area contributed by atoms with E-state index in [1.54, 1.807) is 0 Å². The minimum absolute atomic E-state index is 0.0820. The first-order chi connectivity index (χ1) is 12.9. The van der Waals surface area contributed by atoms with Crippen LogP contribution in [0.3, 0.4) is 0 Å². The molecule has 1 saturated heterocycles. The topological polar surface area (TPSA) is 135 Å². The molecule has 0 spiro atoms. The first-order valence-electron chi connectivity index (χ1n) is 8.13. The lowest BCUT2D eigenvalue weighted by Crippen LogP contribution is -2.57. The molecule has 1 aliphatic heterocycles. The molecule has 5 atom stereocenters. The average Bonchev–Trinajstić information content (AvgIpc) is 2.69. The van der Waals surface area contributed by atoms with Crippen LogP contribution < -0.4 is 14.2 Å². The van der Waals surface area contributed by atoms with E-state index in [1.807, 2.05) is 0 Å². The smallest absolute Gasteiger partial charge is 0.203 e. The fraction of sp³-hybridized carbons (Fsp3) is 0.588. The molecule has 9 nitrogen and oxygen atoms in total. The molecule has 1 heterocycles. The van der Waals surface area contributed by atoms with E-state index in [9.17, 15) is 25.2 Å². The summed E-state index contributed by atoms with van der Waals surface area (Å²) in [5, 5.41) is 38.8. The van der Waals surface area contributed by atoms with Crippen molar-refractivity contribution in [2.24, 2.45) is 0 Å². The molecule has 1 aliphatic rings. The molecule has 152 valence electrons. The molecule has 27 heavy (non-hydrogen) atoms. The largest absolute Gasteiger partial charge is 0.493 e. The van der Waals surface area contributed by atoms with Crippen molar-refractivity contribution in [2.75, 3.05) is 33.7 Å². The minimum Gasteiger partial charge on any atom is -0.493 e. The van der Waals surface area contributed by atoms with Crippen molar-refractivity contribution in [2.45, 2.75) is 29.9 Å². The number of ether oxygens (including phenoxy) is 4. The Bertz CT molecular complexity index is 626. The maximum absolute atomic E-state index is 12.6. The van der Waals surface area contributed by atoms with Gasteiger partial charge >= 0.3 is 0 Å². The number of benzene rings is 1. The quantitative estimate of drug-likeness (QED) is 0.417.